The van der Waals surface area contributed by atoms with Crippen molar-refractivity contribution in [1.29, 1.82) is 0 Å². The van der Waals surface area contributed by atoms with Gasteiger partial charge in [0, 0.05) is 19.7 Å². The van der Waals surface area contributed by atoms with Crippen molar-refractivity contribution in [3.63, 3.8) is 0 Å². The van der Waals surface area contributed by atoms with E-state index in [4.69, 9.17) is 5.11 Å². The minimum atomic E-state index is -0.900. The SMILES string of the molecule is Cc1ccccc1-c1nnc(N(C)CC(=O)O)n1C. The lowest BCUT2D eigenvalue weighted by molar-refractivity contribution is -0.135. The molecule has 2 aromatic rings. The van der Waals surface area contributed by atoms with Gasteiger partial charge < -0.3 is 10.0 Å². The number of nitrogens with zero attached hydrogens (tertiary/aromatic N) is 4. The van der Waals surface area contributed by atoms with Crippen molar-refractivity contribution in [1.82, 2.24) is 14.8 Å². The Balaban J connectivity index is 2.38. The number of carbonyl (C=O) groups is 1. The zero-order chi connectivity index (χ0) is 14.0. The Morgan fingerprint density at radius 3 is 2.68 bits per heavy atom. The van der Waals surface area contributed by atoms with Gasteiger partial charge in [0.15, 0.2) is 5.82 Å². The average Bonchev–Trinajstić information content (AvgIpc) is 2.71. The Morgan fingerprint density at radius 1 is 1.37 bits per heavy atom. The molecule has 0 saturated heterocycles. The Kier molecular flexibility index (Phi) is 3.50. The number of aromatic nitrogens is 3. The van der Waals surface area contributed by atoms with E-state index in [-0.39, 0.29) is 6.54 Å². The molecule has 0 aliphatic rings. The number of anilines is 1. The van der Waals surface area contributed by atoms with E-state index in [0.717, 1.165) is 17.0 Å². The molecule has 0 unspecified atom stereocenters. The third-order valence-electron chi connectivity index (χ3n) is 2.95. The minimum absolute atomic E-state index is 0.111. The fraction of sp³-hybridized carbons (Fsp3) is 0.308. The molecule has 0 amide bonds. The van der Waals surface area contributed by atoms with Crippen molar-refractivity contribution in [3.05, 3.63) is 29.8 Å². The number of hydrogen-bond acceptors (Lipinski definition) is 4. The van der Waals surface area contributed by atoms with Crippen LogP contribution in [0.1, 0.15) is 5.56 Å². The first-order chi connectivity index (χ1) is 9.00. The summed E-state index contributed by atoms with van der Waals surface area (Å²) >= 11 is 0. The third-order valence-corrected chi connectivity index (χ3v) is 2.95. The molecule has 19 heavy (non-hydrogen) atoms. The van der Waals surface area contributed by atoms with Crippen molar-refractivity contribution in [3.8, 4) is 11.4 Å². The molecule has 1 N–H and O–H groups in total. The average molecular weight is 260 g/mol. The van der Waals surface area contributed by atoms with Gasteiger partial charge in [-0.3, -0.25) is 9.36 Å². The molecule has 1 aromatic heterocycles. The second kappa shape index (κ2) is 5.09. The van der Waals surface area contributed by atoms with Gasteiger partial charge in [-0.15, -0.1) is 10.2 Å². The van der Waals surface area contributed by atoms with Crippen molar-refractivity contribution in [2.75, 3.05) is 18.5 Å². The number of rotatable bonds is 4. The van der Waals surface area contributed by atoms with Crippen LogP contribution in [-0.4, -0.2) is 39.4 Å². The number of benzene rings is 1. The van der Waals surface area contributed by atoms with Crippen LogP contribution in [0.4, 0.5) is 5.95 Å². The summed E-state index contributed by atoms with van der Waals surface area (Å²) in [5.74, 6) is 0.355. The van der Waals surface area contributed by atoms with E-state index in [9.17, 15) is 4.79 Å². The molecule has 0 spiro atoms. The molecule has 0 atom stereocenters. The van der Waals surface area contributed by atoms with Crippen molar-refractivity contribution >= 4 is 11.9 Å². The Bertz CT molecular complexity index is 606. The molecule has 0 bridgehead atoms. The van der Waals surface area contributed by atoms with Gasteiger partial charge in [0.1, 0.15) is 6.54 Å². The summed E-state index contributed by atoms with van der Waals surface area (Å²) in [7, 11) is 3.51. The Hall–Kier alpha value is -2.37. The topological polar surface area (TPSA) is 71.2 Å². The molecule has 0 saturated carbocycles. The summed E-state index contributed by atoms with van der Waals surface area (Å²) in [6, 6.07) is 7.88. The maximum atomic E-state index is 10.7. The Morgan fingerprint density at radius 2 is 2.05 bits per heavy atom. The number of carboxylic acid groups (broad SMARTS) is 1. The van der Waals surface area contributed by atoms with Crippen molar-refractivity contribution < 1.29 is 9.90 Å². The lowest BCUT2D eigenvalue weighted by Crippen LogP contribution is -2.27. The van der Waals surface area contributed by atoms with E-state index >= 15 is 0 Å². The minimum Gasteiger partial charge on any atom is -0.480 e. The number of hydrogen-bond donors (Lipinski definition) is 1. The second-order valence-corrected chi connectivity index (χ2v) is 4.45. The first-order valence-electron chi connectivity index (χ1n) is 5.89. The fourth-order valence-electron chi connectivity index (χ4n) is 1.99. The molecule has 1 heterocycles. The number of aliphatic carboxylic acids is 1. The highest BCUT2D eigenvalue weighted by atomic mass is 16.4. The molecular formula is C13H16N4O2. The number of aryl methyl sites for hydroxylation is 1. The zero-order valence-electron chi connectivity index (χ0n) is 11.2. The smallest absolute Gasteiger partial charge is 0.323 e. The lowest BCUT2D eigenvalue weighted by Gasteiger charge is -2.15. The first kappa shape index (κ1) is 13.1. The van der Waals surface area contributed by atoms with Gasteiger partial charge in [0.25, 0.3) is 0 Å². The molecule has 0 radical (unpaired) electrons. The maximum Gasteiger partial charge on any atom is 0.323 e. The van der Waals surface area contributed by atoms with Gasteiger partial charge in [-0.05, 0) is 12.5 Å². The highest BCUT2D eigenvalue weighted by molar-refractivity contribution is 5.73. The van der Waals surface area contributed by atoms with E-state index in [1.807, 2.05) is 38.2 Å². The quantitative estimate of drug-likeness (QED) is 0.897. The molecule has 100 valence electrons. The summed E-state index contributed by atoms with van der Waals surface area (Å²) in [5.41, 5.74) is 2.10. The van der Waals surface area contributed by atoms with Gasteiger partial charge in [0.2, 0.25) is 5.95 Å². The molecular weight excluding hydrogens is 244 g/mol. The van der Waals surface area contributed by atoms with Crippen LogP contribution >= 0.6 is 0 Å². The van der Waals surface area contributed by atoms with Crippen LogP contribution < -0.4 is 4.90 Å². The van der Waals surface area contributed by atoms with Crippen LogP contribution in [-0.2, 0) is 11.8 Å². The van der Waals surface area contributed by atoms with E-state index in [1.54, 1.807) is 16.5 Å². The van der Waals surface area contributed by atoms with Crippen LogP contribution in [0.5, 0.6) is 0 Å². The zero-order valence-corrected chi connectivity index (χ0v) is 11.2. The van der Waals surface area contributed by atoms with Crippen LogP contribution in [0.3, 0.4) is 0 Å². The standard InChI is InChI=1S/C13H16N4O2/c1-9-6-4-5-7-10(9)12-14-15-13(17(12)3)16(2)8-11(18)19/h4-7H,8H2,1-3H3,(H,18,19). The third kappa shape index (κ3) is 2.57. The van der Waals surface area contributed by atoms with Gasteiger partial charge >= 0.3 is 5.97 Å². The number of likely N-dealkylation sites (N-methyl/N-ethyl adjacent to an activating group) is 1. The maximum absolute atomic E-state index is 10.7. The van der Waals surface area contributed by atoms with Gasteiger partial charge in [-0.1, -0.05) is 24.3 Å². The predicted octanol–water partition coefficient (Wildman–Crippen LogP) is 1.31. The summed E-state index contributed by atoms with van der Waals surface area (Å²) in [6.45, 7) is 1.89. The van der Waals surface area contributed by atoms with Crippen LogP contribution in [0.15, 0.2) is 24.3 Å². The predicted molar refractivity (Wildman–Crippen MR) is 72.1 cm³/mol. The van der Waals surface area contributed by atoms with Crippen LogP contribution in [0.2, 0.25) is 0 Å². The molecule has 6 heteroatoms. The van der Waals surface area contributed by atoms with Crippen molar-refractivity contribution in [2.24, 2.45) is 7.05 Å². The molecule has 0 aliphatic heterocycles. The molecule has 6 nitrogen and oxygen atoms in total. The van der Waals surface area contributed by atoms with Gasteiger partial charge in [-0.25, -0.2) is 0 Å². The first-order valence-corrected chi connectivity index (χ1v) is 5.89. The summed E-state index contributed by atoms with van der Waals surface area (Å²) in [4.78, 5) is 12.3. The second-order valence-electron chi connectivity index (χ2n) is 4.45. The Labute approximate surface area is 111 Å². The summed E-state index contributed by atoms with van der Waals surface area (Å²) < 4.78 is 1.80. The van der Waals surface area contributed by atoms with E-state index in [2.05, 4.69) is 10.2 Å². The highest BCUT2D eigenvalue weighted by Gasteiger charge is 2.16. The molecule has 1 aromatic carbocycles. The highest BCUT2D eigenvalue weighted by Crippen LogP contribution is 2.23. The molecule has 0 fully saturated rings. The van der Waals surface area contributed by atoms with Crippen LogP contribution in [0.25, 0.3) is 11.4 Å². The monoisotopic (exact) mass is 260 g/mol. The molecule has 2 rings (SSSR count). The van der Waals surface area contributed by atoms with E-state index in [0.29, 0.717) is 5.95 Å². The lowest BCUT2D eigenvalue weighted by atomic mass is 10.1. The largest absolute Gasteiger partial charge is 0.480 e. The van der Waals surface area contributed by atoms with Crippen LogP contribution in [0, 0.1) is 6.92 Å². The number of carboxylic acids is 1. The normalized spacial score (nSPS) is 10.5. The van der Waals surface area contributed by atoms with Gasteiger partial charge in [-0.2, -0.15) is 0 Å². The van der Waals surface area contributed by atoms with Crippen molar-refractivity contribution in [2.45, 2.75) is 6.92 Å². The van der Waals surface area contributed by atoms with E-state index < -0.39 is 5.97 Å². The summed E-state index contributed by atoms with van der Waals surface area (Å²) in [6.07, 6.45) is 0. The van der Waals surface area contributed by atoms with E-state index in [1.165, 1.54) is 0 Å². The summed E-state index contributed by atoms with van der Waals surface area (Å²) in [5, 5.41) is 17.0. The molecule has 0 aliphatic carbocycles. The van der Waals surface area contributed by atoms with Gasteiger partial charge in [0.05, 0.1) is 0 Å². The fourth-order valence-corrected chi connectivity index (χ4v) is 1.99.